The molecule has 0 aliphatic rings. The lowest BCUT2D eigenvalue weighted by Gasteiger charge is -2.38. The third-order valence-electron chi connectivity index (χ3n) is 3.39. The molecular formula is C16H18F8O6. The number of hydrogen-bond acceptors (Lipinski definition) is 6. The molecule has 0 unspecified atom stereocenters. The summed E-state index contributed by atoms with van der Waals surface area (Å²) in [5.74, 6) is -33.5. The molecule has 2 N–H and O–H groups in total. The molecule has 0 spiro atoms. The predicted octanol–water partition coefficient (Wildman–Crippen LogP) is 3.18. The minimum absolute atomic E-state index is 0.630. The smallest absolute Gasteiger partial charge is 0.379 e. The molecule has 174 valence electrons. The maximum Gasteiger partial charge on any atom is 0.379 e. The number of carbonyl (C=O) groups is 2. The van der Waals surface area contributed by atoms with Gasteiger partial charge in [0.1, 0.15) is 6.42 Å². The summed E-state index contributed by atoms with van der Waals surface area (Å²) in [4.78, 5) is 22.9. The minimum atomic E-state index is -6.88. The first-order valence-corrected chi connectivity index (χ1v) is 7.79. The third kappa shape index (κ3) is 5.68. The van der Waals surface area contributed by atoms with Crippen molar-refractivity contribution in [1.29, 1.82) is 0 Å². The molecule has 0 aromatic carbocycles. The predicted molar refractivity (Wildman–Crippen MR) is 82.9 cm³/mol. The monoisotopic (exact) mass is 458 g/mol. The molecule has 30 heavy (non-hydrogen) atoms. The highest BCUT2D eigenvalue weighted by molar-refractivity contribution is 5.88. The topological polar surface area (TPSA) is 93.1 Å². The average molecular weight is 458 g/mol. The van der Waals surface area contributed by atoms with Crippen LogP contribution in [0.2, 0.25) is 0 Å². The zero-order valence-electron chi connectivity index (χ0n) is 15.6. The Hall–Kier alpha value is -2.22. The van der Waals surface area contributed by atoms with Gasteiger partial charge in [0.05, 0.1) is 0 Å². The Balaban J connectivity index is 6.21. The molecule has 0 amide bonds. The fraction of sp³-hybridized carbons (Fsp3) is 0.625. The molecule has 0 aromatic rings. The standard InChI is InChI=1S/C16H18F8O6/c1-8(2)10(26)29-14(28,30-11(27)9(3)4)7-13(19,20)16(23,24)15(21,22)12(17,18)5-6-25/h25,28H,1,3,5-7H2,2,4H3. The van der Waals surface area contributed by atoms with Crippen molar-refractivity contribution in [1.82, 2.24) is 0 Å². The van der Waals surface area contributed by atoms with Crippen LogP contribution >= 0.6 is 0 Å². The molecule has 0 aromatic heterocycles. The zero-order chi connectivity index (χ0) is 24.3. The van der Waals surface area contributed by atoms with Crippen LogP contribution in [-0.2, 0) is 19.1 Å². The summed E-state index contributed by atoms with van der Waals surface area (Å²) in [5, 5.41) is 18.2. The van der Waals surface area contributed by atoms with Crippen molar-refractivity contribution in [3.05, 3.63) is 24.3 Å². The summed E-state index contributed by atoms with van der Waals surface area (Å²) >= 11 is 0. The van der Waals surface area contributed by atoms with Gasteiger partial charge in [-0.25, -0.2) is 9.59 Å². The van der Waals surface area contributed by atoms with Gasteiger partial charge in [-0.15, -0.1) is 0 Å². The quantitative estimate of drug-likeness (QED) is 0.214. The SMILES string of the molecule is C=C(C)C(=O)OC(O)(CC(F)(F)C(F)(F)C(F)(F)C(F)(F)CCO)OC(=O)C(=C)C. The number of rotatable bonds is 11. The maximum absolute atomic E-state index is 14.1. The Morgan fingerprint density at radius 2 is 1.13 bits per heavy atom. The van der Waals surface area contributed by atoms with Gasteiger partial charge < -0.3 is 19.7 Å². The molecule has 14 heteroatoms. The van der Waals surface area contributed by atoms with E-state index in [0.29, 0.717) is 0 Å². The summed E-state index contributed by atoms with van der Waals surface area (Å²) in [5.41, 5.74) is -1.26. The van der Waals surface area contributed by atoms with Crippen LogP contribution in [0.1, 0.15) is 26.7 Å². The van der Waals surface area contributed by atoms with E-state index in [2.05, 4.69) is 22.6 Å². The number of aliphatic hydroxyl groups is 2. The Bertz CT molecular complexity index is 676. The first-order valence-electron chi connectivity index (χ1n) is 7.79. The van der Waals surface area contributed by atoms with E-state index in [1.54, 1.807) is 0 Å². The van der Waals surface area contributed by atoms with E-state index in [9.17, 15) is 49.8 Å². The number of halogens is 8. The maximum atomic E-state index is 14.1. The van der Waals surface area contributed by atoms with Gasteiger partial charge in [0.25, 0.3) is 0 Å². The summed E-state index contributed by atoms with van der Waals surface area (Å²) in [6.45, 7) is 5.96. The van der Waals surface area contributed by atoms with E-state index in [-0.39, 0.29) is 0 Å². The van der Waals surface area contributed by atoms with Crippen molar-refractivity contribution in [2.75, 3.05) is 6.61 Å². The van der Waals surface area contributed by atoms with E-state index in [1.807, 2.05) is 0 Å². The molecule has 0 rings (SSSR count). The van der Waals surface area contributed by atoms with Gasteiger partial charge in [0, 0.05) is 24.2 Å². The van der Waals surface area contributed by atoms with Gasteiger partial charge in [-0.2, -0.15) is 35.1 Å². The summed E-state index contributed by atoms with van der Waals surface area (Å²) < 4.78 is 117. The van der Waals surface area contributed by atoms with Gasteiger partial charge in [-0.3, -0.25) is 0 Å². The van der Waals surface area contributed by atoms with Crippen molar-refractivity contribution >= 4 is 11.9 Å². The van der Waals surface area contributed by atoms with Crippen LogP contribution in [0.5, 0.6) is 0 Å². The van der Waals surface area contributed by atoms with E-state index in [4.69, 9.17) is 5.11 Å². The zero-order valence-corrected chi connectivity index (χ0v) is 15.6. The van der Waals surface area contributed by atoms with Crippen molar-refractivity contribution in [3.63, 3.8) is 0 Å². The molecule has 0 heterocycles. The highest BCUT2D eigenvalue weighted by atomic mass is 19.4. The number of carbonyl (C=O) groups excluding carboxylic acids is 2. The Labute approximate surface area is 164 Å². The van der Waals surface area contributed by atoms with Gasteiger partial charge in [-0.1, -0.05) is 13.2 Å². The van der Waals surface area contributed by atoms with Crippen molar-refractivity contribution in [2.24, 2.45) is 0 Å². The molecule has 0 atom stereocenters. The van der Waals surface area contributed by atoms with Crippen LogP contribution in [0.25, 0.3) is 0 Å². The highest BCUT2D eigenvalue weighted by Gasteiger charge is 2.81. The number of aliphatic hydroxyl groups excluding tert-OH is 1. The van der Waals surface area contributed by atoms with Gasteiger partial charge in [0.15, 0.2) is 0 Å². The lowest BCUT2D eigenvalue weighted by Crippen LogP contribution is -2.64. The van der Waals surface area contributed by atoms with Crippen LogP contribution in [-0.4, -0.2) is 58.4 Å². The second-order valence-corrected chi connectivity index (χ2v) is 6.26. The fourth-order valence-corrected chi connectivity index (χ4v) is 1.71. The first-order chi connectivity index (χ1) is 13.2. The second-order valence-electron chi connectivity index (χ2n) is 6.26. The second kappa shape index (κ2) is 8.88. The van der Waals surface area contributed by atoms with Gasteiger partial charge in [0.2, 0.25) is 0 Å². The van der Waals surface area contributed by atoms with E-state index in [0.717, 1.165) is 13.8 Å². The van der Waals surface area contributed by atoms with Crippen molar-refractivity contribution < 1.29 is 64.4 Å². The Kier molecular flexibility index (Phi) is 8.22. The number of ether oxygens (including phenoxy) is 2. The van der Waals surface area contributed by atoms with E-state index in [1.165, 1.54) is 0 Å². The van der Waals surface area contributed by atoms with Crippen molar-refractivity contribution in [2.45, 2.75) is 56.4 Å². The molecule has 0 fully saturated rings. The lowest BCUT2D eigenvalue weighted by molar-refractivity contribution is -0.400. The van der Waals surface area contributed by atoms with E-state index < -0.39 is 72.2 Å². The third-order valence-corrected chi connectivity index (χ3v) is 3.39. The minimum Gasteiger partial charge on any atom is -0.396 e. The number of esters is 2. The summed E-state index contributed by atoms with van der Waals surface area (Å²) in [6.07, 6.45) is -5.36. The van der Waals surface area contributed by atoms with Crippen LogP contribution in [0, 0.1) is 0 Å². The molecular weight excluding hydrogens is 440 g/mol. The molecule has 0 saturated heterocycles. The molecule has 0 aliphatic carbocycles. The molecule has 0 radical (unpaired) electrons. The van der Waals surface area contributed by atoms with Crippen LogP contribution in [0.4, 0.5) is 35.1 Å². The van der Waals surface area contributed by atoms with Gasteiger partial charge >= 0.3 is 41.6 Å². The number of alkyl halides is 8. The largest absolute Gasteiger partial charge is 0.396 e. The average Bonchev–Trinajstić information content (AvgIpc) is 2.52. The highest BCUT2D eigenvalue weighted by Crippen LogP contribution is 2.55. The van der Waals surface area contributed by atoms with Crippen LogP contribution in [0.15, 0.2) is 24.3 Å². The van der Waals surface area contributed by atoms with Gasteiger partial charge in [-0.05, 0) is 13.8 Å². The van der Waals surface area contributed by atoms with E-state index >= 15 is 0 Å². The molecule has 0 bridgehead atoms. The molecule has 6 nitrogen and oxygen atoms in total. The summed E-state index contributed by atoms with van der Waals surface area (Å²) in [7, 11) is 0. The first kappa shape index (κ1) is 27.8. The Morgan fingerprint density at radius 3 is 1.43 bits per heavy atom. The Morgan fingerprint density at radius 1 is 0.800 bits per heavy atom. The summed E-state index contributed by atoms with van der Waals surface area (Å²) in [6, 6.07) is 0. The lowest BCUT2D eigenvalue weighted by atomic mass is 9.94. The van der Waals surface area contributed by atoms with Crippen molar-refractivity contribution in [3.8, 4) is 0 Å². The fourth-order valence-electron chi connectivity index (χ4n) is 1.71. The van der Waals surface area contributed by atoms with Crippen LogP contribution < -0.4 is 0 Å². The molecule has 0 saturated carbocycles. The van der Waals surface area contributed by atoms with Crippen LogP contribution in [0.3, 0.4) is 0 Å². The number of hydrogen-bond donors (Lipinski definition) is 2. The molecule has 0 aliphatic heterocycles. The normalized spacial score (nSPS) is 13.6.